The number of ether oxygens (including phenoxy) is 3. The molecule has 11 heteroatoms. The first kappa shape index (κ1) is 28.5. The molecule has 0 unspecified atom stereocenters. The highest BCUT2D eigenvalue weighted by Gasteiger charge is 2.54. The van der Waals surface area contributed by atoms with Crippen LogP contribution in [0, 0.1) is 5.41 Å². The number of rotatable bonds is 10. The molecule has 4 aromatic rings. The van der Waals surface area contributed by atoms with Gasteiger partial charge in [-0.1, -0.05) is 12.1 Å². The van der Waals surface area contributed by atoms with E-state index < -0.39 is 11.5 Å². The molecular weight excluding hydrogens is 550 g/mol. The van der Waals surface area contributed by atoms with E-state index in [1.807, 2.05) is 12.1 Å². The Morgan fingerprint density at radius 1 is 1.12 bits per heavy atom. The van der Waals surface area contributed by atoms with Crippen LogP contribution >= 0.6 is 0 Å². The van der Waals surface area contributed by atoms with Gasteiger partial charge in [0.15, 0.2) is 0 Å². The summed E-state index contributed by atoms with van der Waals surface area (Å²) in [7, 11) is 1.56. The highest BCUT2D eigenvalue weighted by molar-refractivity contribution is 6.00. The number of nitrogens with two attached hydrogens (primary N) is 1. The third kappa shape index (κ3) is 5.98. The predicted octanol–water partition coefficient (Wildman–Crippen LogP) is 3.77. The van der Waals surface area contributed by atoms with Crippen molar-refractivity contribution in [3.8, 4) is 28.6 Å². The van der Waals surface area contributed by atoms with E-state index in [0.717, 1.165) is 31.2 Å². The predicted molar refractivity (Wildman–Crippen MR) is 158 cm³/mol. The van der Waals surface area contributed by atoms with E-state index in [4.69, 9.17) is 19.9 Å². The largest absolute Gasteiger partial charge is 0.490 e. The van der Waals surface area contributed by atoms with Gasteiger partial charge in [-0.05, 0) is 75.3 Å². The minimum atomic E-state index is -0.955. The molecule has 3 aromatic heterocycles. The van der Waals surface area contributed by atoms with Crippen molar-refractivity contribution < 1.29 is 28.9 Å². The third-order valence-corrected chi connectivity index (χ3v) is 8.11. The van der Waals surface area contributed by atoms with Gasteiger partial charge in [0.05, 0.1) is 53.5 Å². The zero-order valence-electron chi connectivity index (χ0n) is 24.4. The maximum atomic E-state index is 13.1. The number of hydrogen-bond acceptors (Lipinski definition) is 8. The molecule has 0 atom stereocenters. The summed E-state index contributed by atoms with van der Waals surface area (Å²) < 4.78 is 18.7. The zero-order valence-corrected chi connectivity index (χ0v) is 24.4. The number of aromatic nitrogens is 3. The Morgan fingerprint density at radius 3 is 2.63 bits per heavy atom. The number of fused-ring (bicyclic) bond motifs is 1. The second-order valence-electron chi connectivity index (χ2n) is 12.2. The normalized spacial score (nSPS) is 21.1. The average Bonchev–Trinajstić information content (AvgIpc) is 3.36. The van der Waals surface area contributed by atoms with Gasteiger partial charge < -0.3 is 30.4 Å². The Kier molecular flexibility index (Phi) is 7.21. The molecule has 6 rings (SSSR count). The summed E-state index contributed by atoms with van der Waals surface area (Å²) in [5.41, 5.74) is 7.80. The number of nitrogens with zero attached hydrogens (tertiary/aromatic N) is 3. The van der Waals surface area contributed by atoms with Gasteiger partial charge in [0.1, 0.15) is 18.1 Å². The number of carbonyl (C=O) groups excluding carboxylic acids is 2. The number of nitrogens with one attached hydrogen (secondary N) is 1. The number of amides is 2. The van der Waals surface area contributed by atoms with Gasteiger partial charge in [0, 0.05) is 17.7 Å². The second-order valence-corrected chi connectivity index (χ2v) is 12.2. The summed E-state index contributed by atoms with van der Waals surface area (Å²) in [6, 6.07) is 14.4. The molecule has 4 N–H and O–H groups in total. The molecule has 0 radical (unpaired) electrons. The number of methoxy groups -OCH3 is 1. The second kappa shape index (κ2) is 10.9. The summed E-state index contributed by atoms with van der Waals surface area (Å²) in [5.74, 6) is 0.780. The first-order valence-electron chi connectivity index (χ1n) is 14.3. The van der Waals surface area contributed by atoms with Crippen molar-refractivity contribution in [1.82, 2.24) is 19.9 Å². The van der Waals surface area contributed by atoms with Crippen LogP contribution in [0.4, 0.5) is 0 Å². The molecule has 1 aromatic carbocycles. The van der Waals surface area contributed by atoms with Gasteiger partial charge in [0.25, 0.3) is 11.8 Å². The Balaban J connectivity index is 1.04. The highest BCUT2D eigenvalue weighted by Crippen LogP contribution is 2.57. The number of hydrogen-bond donors (Lipinski definition) is 3. The Morgan fingerprint density at radius 2 is 1.91 bits per heavy atom. The van der Waals surface area contributed by atoms with E-state index in [9.17, 15) is 14.7 Å². The molecule has 0 aliphatic heterocycles. The Bertz CT molecular complexity index is 1680. The topological polar surface area (TPSA) is 150 Å². The Hall–Kier alpha value is -4.64. The van der Waals surface area contributed by atoms with E-state index in [1.54, 1.807) is 74.3 Å². The molecule has 2 aliphatic carbocycles. The summed E-state index contributed by atoms with van der Waals surface area (Å²) in [5, 5.41) is 17.3. The molecule has 1 spiro atoms. The van der Waals surface area contributed by atoms with E-state index in [2.05, 4.69) is 15.4 Å². The fourth-order valence-electron chi connectivity index (χ4n) is 6.01. The number of benzene rings is 1. The monoisotopic (exact) mass is 585 g/mol. The average molecular weight is 586 g/mol. The molecule has 43 heavy (non-hydrogen) atoms. The molecule has 2 fully saturated rings. The summed E-state index contributed by atoms with van der Waals surface area (Å²) in [4.78, 5) is 29.6. The fraction of sp³-hybridized carbons (Fsp3) is 0.375. The molecule has 2 amide bonds. The van der Waals surface area contributed by atoms with E-state index in [-0.39, 0.29) is 30.1 Å². The lowest BCUT2D eigenvalue weighted by atomic mass is 9.53. The van der Waals surface area contributed by atoms with Crippen LogP contribution in [-0.2, 0) is 0 Å². The lowest BCUT2D eigenvalue weighted by Crippen LogP contribution is -2.58. The van der Waals surface area contributed by atoms with E-state index in [0.29, 0.717) is 39.7 Å². The van der Waals surface area contributed by atoms with Crippen molar-refractivity contribution in [2.75, 3.05) is 13.7 Å². The minimum Gasteiger partial charge on any atom is -0.490 e. The Labute approximate surface area is 249 Å². The van der Waals surface area contributed by atoms with Gasteiger partial charge in [-0.2, -0.15) is 5.10 Å². The minimum absolute atomic E-state index is 0.0456. The lowest BCUT2D eigenvalue weighted by Gasteiger charge is -2.57. The maximum Gasteiger partial charge on any atom is 0.255 e. The number of pyridine rings is 2. The number of primary amides is 1. The molecule has 11 nitrogen and oxygen atoms in total. The van der Waals surface area contributed by atoms with Crippen LogP contribution in [0.1, 0.15) is 60.2 Å². The van der Waals surface area contributed by atoms with Crippen molar-refractivity contribution in [3.05, 3.63) is 72.1 Å². The third-order valence-electron chi connectivity index (χ3n) is 8.11. The summed E-state index contributed by atoms with van der Waals surface area (Å²) in [6.07, 6.45) is 6.60. The summed E-state index contributed by atoms with van der Waals surface area (Å²) >= 11 is 0. The van der Waals surface area contributed by atoms with Crippen LogP contribution in [0.15, 0.2) is 60.9 Å². The molecule has 2 aliphatic rings. The van der Waals surface area contributed by atoms with Gasteiger partial charge in [-0.25, -0.2) is 9.50 Å². The fourth-order valence-corrected chi connectivity index (χ4v) is 6.01. The molecule has 224 valence electrons. The summed E-state index contributed by atoms with van der Waals surface area (Å²) in [6.45, 7) is 3.48. The molecule has 0 saturated heterocycles. The van der Waals surface area contributed by atoms with Gasteiger partial charge >= 0.3 is 0 Å². The SMILES string of the molecule is COc1cccc(-c2ccc(C(N)=O)c(OC3CC4(CC(NC(=O)c5cnn6cc(OCC(C)(C)O)ccc56)C4)C3)c2)n1. The van der Waals surface area contributed by atoms with E-state index >= 15 is 0 Å². The maximum absolute atomic E-state index is 13.1. The number of carbonyl (C=O) groups is 2. The molecule has 3 heterocycles. The molecule has 2 saturated carbocycles. The first-order chi connectivity index (χ1) is 20.5. The molecular formula is C32H35N5O6. The van der Waals surface area contributed by atoms with Crippen LogP contribution in [0.5, 0.6) is 17.4 Å². The van der Waals surface area contributed by atoms with Crippen LogP contribution in [0.2, 0.25) is 0 Å². The van der Waals surface area contributed by atoms with E-state index in [1.165, 1.54) is 0 Å². The highest BCUT2D eigenvalue weighted by atomic mass is 16.5. The van der Waals surface area contributed by atoms with Gasteiger partial charge in [-0.15, -0.1) is 0 Å². The van der Waals surface area contributed by atoms with Crippen LogP contribution < -0.4 is 25.3 Å². The van der Waals surface area contributed by atoms with Crippen molar-refractivity contribution in [2.24, 2.45) is 11.1 Å². The quantitative estimate of drug-likeness (QED) is 0.255. The van der Waals surface area contributed by atoms with Crippen LogP contribution in [-0.4, -0.2) is 63.0 Å². The zero-order chi connectivity index (χ0) is 30.4. The van der Waals surface area contributed by atoms with Crippen LogP contribution in [0.25, 0.3) is 16.8 Å². The number of aliphatic hydroxyl groups is 1. The lowest BCUT2D eigenvalue weighted by molar-refractivity contribution is -0.0834. The smallest absolute Gasteiger partial charge is 0.255 e. The van der Waals surface area contributed by atoms with Crippen molar-refractivity contribution in [3.63, 3.8) is 0 Å². The van der Waals surface area contributed by atoms with Crippen molar-refractivity contribution in [1.29, 1.82) is 0 Å². The van der Waals surface area contributed by atoms with Crippen molar-refractivity contribution >= 4 is 17.3 Å². The molecule has 0 bridgehead atoms. The first-order valence-corrected chi connectivity index (χ1v) is 14.3. The van der Waals surface area contributed by atoms with Gasteiger partial charge in [-0.3, -0.25) is 9.59 Å². The van der Waals surface area contributed by atoms with Crippen LogP contribution in [0.3, 0.4) is 0 Å². The standard InChI is InChI=1S/C32H35N5O6/c1-31(2,40)18-42-21-8-10-26-24(16-34-37(26)17-21)30(39)35-20-12-32(13-20)14-22(15-32)43-27-11-19(7-9-23(27)29(33)38)25-5-4-6-28(36-25)41-3/h4-11,16-17,20,22,40H,12-15,18H2,1-3H3,(H2,33,38)(H,35,39). The van der Waals surface area contributed by atoms with Gasteiger partial charge in [0.2, 0.25) is 5.88 Å². The van der Waals surface area contributed by atoms with Crippen molar-refractivity contribution in [2.45, 2.75) is 57.3 Å².